The molecule has 0 saturated carbocycles. The van der Waals surface area contributed by atoms with E-state index in [0.29, 0.717) is 21.5 Å². The number of amides is 1. The standard InChI is InChI=1S/C12H9BrF3N3OS/c1-2-8-10(21-19-18-8)11(20)17-9-5-6(12(14,15)16)3-4-7(9)13/h3-5H,2H2,1H3,(H,17,20). The second kappa shape index (κ2) is 6.10. The molecule has 0 radical (unpaired) electrons. The molecule has 1 N–H and O–H groups in total. The summed E-state index contributed by atoms with van der Waals surface area (Å²) in [5.41, 5.74) is -0.273. The van der Waals surface area contributed by atoms with Gasteiger partial charge in [-0.2, -0.15) is 13.2 Å². The van der Waals surface area contributed by atoms with E-state index in [9.17, 15) is 18.0 Å². The summed E-state index contributed by atoms with van der Waals surface area (Å²) in [6, 6.07) is 3.05. The Bertz CT molecular complexity index is 672. The Hall–Kier alpha value is -1.48. The van der Waals surface area contributed by atoms with E-state index in [1.54, 1.807) is 0 Å². The molecule has 2 rings (SSSR count). The van der Waals surface area contributed by atoms with Gasteiger partial charge in [0.05, 0.1) is 16.9 Å². The molecule has 1 aromatic heterocycles. The number of anilines is 1. The fraction of sp³-hybridized carbons (Fsp3) is 0.250. The van der Waals surface area contributed by atoms with Gasteiger partial charge in [-0.25, -0.2) is 0 Å². The van der Waals surface area contributed by atoms with Crippen LogP contribution in [0, 0.1) is 0 Å². The first-order valence-corrected chi connectivity index (χ1v) is 7.39. The lowest BCUT2D eigenvalue weighted by Gasteiger charge is -2.11. The summed E-state index contributed by atoms with van der Waals surface area (Å²) in [4.78, 5) is 12.4. The number of aromatic nitrogens is 2. The van der Waals surface area contributed by atoms with Crippen LogP contribution in [0.1, 0.15) is 27.9 Å². The van der Waals surface area contributed by atoms with Gasteiger partial charge in [-0.3, -0.25) is 4.79 Å². The molecule has 2 aromatic rings. The topological polar surface area (TPSA) is 54.9 Å². The van der Waals surface area contributed by atoms with Gasteiger partial charge in [-0.15, -0.1) is 5.10 Å². The third-order valence-electron chi connectivity index (χ3n) is 2.64. The van der Waals surface area contributed by atoms with Crippen LogP contribution in [-0.4, -0.2) is 15.5 Å². The maximum atomic E-state index is 12.7. The van der Waals surface area contributed by atoms with E-state index in [1.807, 2.05) is 6.92 Å². The Kier molecular flexibility index (Phi) is 4.62. The van der Waals surface area contributed by atoms with Crippen molar-refractivity contribution < 1.29 is 18.0 Å². The van der Waals surface area contributed by atoms with Crippen molar-refractivity contribution in [3.8, 4) is 0 Å². The minimum absolute atomic E-state index is 0.0466. The SMILES string of the molecule is CCc1nnsc1C(=O)Nc1cc(C(F)(F)F)ccc1Br. The van der Waals surface area contributed by atoms with E-state index >= 15 is 0 Å². The molecule has 0 bridgehead atoms. The number of hydrogen-bond donors (Lipinski definition) is 1. The van der Waals surface area contributed by atoms with E-state index < -0.39 is 17.6 Å². The van der Waals surface area contributed by atoms with Crippen molar-refractivity contribution in [3.05, 3.63) is 38.8 Å². The first kappa shape index (κ1) is 15.9. The smallest absolute Gasteiger partial charge is 0.320 e. The number of aryl methyl sites for hydroxylation is 1. The van der Waals surface area contributed by atoms with Crippen LogP contribution in [0.2, 0.25) is 0 Å². The van der Waals surface area contributed by atoms with Crippen LogP contribution in [0.25, 0.3) is 0 Å². The average Bonchev–Trinajstić information content (AvgIpc) is 2.88. The largest absolute Gasteiger partial charge is 0.416 e. The molecule has 4 nitrogen and oxygen atoms in total. The van der Waals surface area contributed by atoms with Crippen molar-refractivity contribution in [2.24, 2.45) is 0 Å². The number of carbonyl (C=O) groups is 1. The molecule has 1 aromatic carbocycles. The highest BCUT2D eigenvalue weighted by Gasteiger charge is 2.31. The zero-order chi connectivity index (χ0) is 15.6. The van der Waals surface area contributed by atoms with Crippen LogP contribution in [0.3, 0.4) is 0 Å². The van der Waals surface area contributed by atoms with Gasteiger partial charge in [0.15, 0.2) is 0 Å². The van der Waals surface area contributed by atoms with Gasteiger partial charge in [0, 0.05) is 4.47 Å². The van der Waals surface area contributed by atoms with Crippen LogP contribution in [0.15, 0.2) is 22.7 Å². The van der Waals surface area contributed by atoms with Crippen molar-refractivity contribution in [2.45, 2.75) is 19.5 Å². The molecule has 0 atom stereocenters. The summed E-state index contributed by atoms with van der Waals surface area (Å²) in [5.74, 6) is -0.526. The lowest BCUT2D eigenvalue weighted by molar-refractivity contribution is -0.137. The molecule has 9 heteroatoms. The average molecular weight is 380 g/mol. The van der Waals surface area contributed by atoms with Gasteiger partial charge in [-0.1, -0.05) is 11.4 Å². The van der Waals surface area contributed by atoms with Crippen LogP contribution < -0.4 is 5.32 Å². The number of nitrogens with one attached hydrogen (secondary N) is 1. The number of benzene rings is 1. The van der Waals surface area contributed by atoms with E-state index in [1.165, 1.54) is 6.07 Å². The van der Waals surface area contributed by atoms with Gasteiger partial charge in [0.25, 0.3) is 5.91 Å². The quantitative estimate of drug-likeness (QED) is 0.871. The van der Waals surface area contributed by atoms with Crippen molar-refractivity contribution >= 4 is 39.1 Å². The predicted molar refractivity (Wildman–Crippen MR) is 76.4 cm³/mol. The summed E-state index contributed by atoms with van der Waals surface area (Å²) in [6.07, 6.45) is -3.95. The zero-order valence-electron chi connectivity index (χ0n) is 10.7. The van der Waals surface area contributed by atoms with Crippen molar-refractivity contribution in [1.82, 2.24) is 9.59 Å². The molecule has 21 heavy (non-hydrogen) atoms. The molecular formula is C12H9BrF3N3OS. The van der Waals surface area contributed by atoms with Gasteiger partial charge >= 0.3 is 6.18 Å². The lowest BCUT2D eigenvalue weighted by atomic mass is 10.2. The number of halogens is 4. The molecule has 0 spiro atoms. The number of hydrogen-bond acceptors (Lipinski definition) is 4. The molecule has 1 heterocycles. The fourth-order valence-electron chi connectivity index (χ4n) is 1.59. The van der Waals surface area contributed by atoms with E-state index in [0.717, 1.165) is 23.7 Å². The second-order valence-electron chi connectivity index (χ2n) is 4.05. The summed E-state index contributed by atoms with van der Waals surface area (Å²) < 4.78 is 42.1. The van der Waals surface area contributed by atoms with Crippen LogP contribution in [0.5, 0.6) is 0 Å². The Balaban J connectivity index is 2.29. The number of carbonyl (C=O) groups excluding carboxylic acids is 1. The molecule has 0 saturated heterocycles. The van der Waals surface area contributed by atoms with Gasteiger partial charge in [0.2, 0.25) is 0 Å². The molecule has 112 valence electrons. The molecule has 1 amide bonds. The first-order valence-electron chi connectivity index (χ1n) is 5.82. The van der Waals surface area contributed by atoms with Crippen LogP contribution >= 0.6 is 27.5 Å². The number of alkyl halides is 3. The minimum Gasteiger partial charge on any atom is -0.320 e. The maximum Gasteiger partial charge on any atom is 0.416 e. The first-order chi connectivity index (χ1) is 9.82. The van der Waals surface area contributed by atoms with Gasteiger partial charge < -0.3 is 5.32 Å². The zero-order valence-corrected chi connectivity index (χ0v) is 13.1. The summed E-state index contributed by atoms with van der Waals surface area (Å²) >= 11 is 4.02. The summed E-state index contributed by atoms with van der Waals surface area (Å²) in [7, 11) is 0. The Morgan fingerprint density at radius 2 is 2.14 bits per heavy atom. The highest BCUT2D eigenvalue weighted by atomic mass is 79.9. The van der Waals surface area contributed by atoms with Crippen molar-refractivity contribution in [1.29, 1.82) is 0 Å². The van der Waals surface area contributed by atoms with Crippen molar-refractivity contribution in [3.63, 3.8) is 0 Å². The van der Waals surface area contributed by atoms with Gasteiger partial charge in [0.1, 0.15) is 4.88 Å². The highest BCUT2D eigenvalue weighted by molar-refractivity contribution is 9.10. The molecule has 0 aliphatic rings. The Morgan fingerprint density at radius 1 is 1.43 bits per heavy atom. The molecule has 0 unspecified atom stereocenters. The molecule has 0 aliphatic heterocycles. The number of nitrogens with zero attached hydrogens (tertiary/aromatic N) is 2. The Morgan fingerprint density at radius 3 is 2.76 bits per heavy atom. The molecule has 0 fully saturated rings. The molecule has 0 aliphatic carbocycles. The summed E-state index contributed by atoms with van der Waals surface area (Å²) in [6.45, 7) is 1.81. The fourth-order valence-corrected chi connectivity index (χ4v) is 2.58. The van der Waals surface area contributed by atoms with Crippen molar-refractivity contribution in [2.75, 3.05) is 5.32 Å². The van der Waals surface area contributed by atoms with E-state index in [4.69, 9.17) is 0 Å². The predicted octanol–water partition coefficient (Wildman–Crippen LogP) is 4.13. The Labute approximate surface area is 130 Å². The monoisotopic (exact) mass is 379 g/mol. The summed E-state index contributed by atoms with van der Waals surface area (Å²) in [5, 5.41) is 6.24. The third-order valence-corrected chi connectivity index (χ3v) is 4.10. The normalized spacial score (nSPS) is 11.5. The minimum atomic E-state index is -4.47. The third kappa shape index (κ3) is 3.59. The van der Waals surface area contributed by atoms with E-state index in [2.05, 4.69) is 30.8 Å². The van der Waals surface area contributed by atoms with E-state index in [-0.39, 0.29) is 5.69 Å². The van der Waals surface area contributed by atoms with Crippen LogP contribution in [0.4, 0.5) is 18.9 Å². The second-order valence-corrected chi connectivity index (χ2v) is 5.66. The molecular weight excluding hydrogens is 371 g/mol. The lowest BCUT2D eigenvalue weighted by Crippen LogP contribution is -2.14. The highest BCUT2D eigenvalue weighted by Crippen LogP contribution is 2.34. The van der Waals surface area contributed by atoms with Crippen LogP contribution in [-0.2, 0) is 12.6 Å². The van der Waals surface area contributed by atoms with Gasteiger partial charge in [-0.05, 0) is 52.1 Å². The maximum absolute atomic E-state index is 12.7. The number of rotatable bonds is 3.